The Morgan fingerprint density at radius 3 is 2.87 bits per heavy atom. The molecule has 3 rings (SSSR count). The Morgan fingerprint density at radius 2 is 2.13 bits per heavy atom. The van der Waals surface area contributed by atoms with Crippen molar-refractivity contribution in [3.8, 4) is 0 Å². The SMILES string of the molecule is CCCn1c2c(c3ccccc31)CCCC2(C)CCN(C)C=O. The molecule has 3 heteroatoms. The van der Waals surface area contributed by atoms with Crippen LogP contribution in [0.3, 0.4) is 0 Å². The van der Waals surface area contributed by atoms with Crippen molar-refractivity contribution < 1.29 is 4.79 Å². The van der Waals surface area contributed by atoms with E-state index in [0.717, 1.165) is 32.3 Å². The number of aromatic nitrogens is 1. The Labute approximate surface area is 139 Å². The minimum Gasteiger partial charge on any atom is -0.348 e. The van der Waals surface area contributed by atoms with Gasteiger partial charge in [-0.1, -0.05) is 32.0 Å². The molecule has 1 amide bonds. The molecule has 0 bridgehead atoms. The van der Waals surface area contributed by atoms with E-state index in [0.29, 0.717) is 0 Å². The fourth-order valence-corrected chi connectivity index (χ4v) is 4.27. The molecular formula is C20H28N2O. The zero-order valence-electron chi connectivity index (χ0n) is 14.6. The highest BCUT2D eigenvalue weighted by Gasteiger charge is 2.36. The van der Waals surface area contributed by atoms with Crippen LogP contribution in [-0.4, -0.2) is 29.5 Å². The van der Waals surface area contributed by atoms with Gasteiger partial charge in [-0.15, -0.1) is 0 Å². The molecule has 0 saturated heterocycles. The Hall–Kier alpha value is -1.77. The number of fused-ring (bicyclic) bond motifs is 3. The van der Waals surface area contributed by atoms with Crippen molar-refractivity contribution in [1.82, 2.24) is 9.47 Å². The number of aryl methyl sites for hydroxylation is 2. The van der Waals surface area contributed by atoms with Gasteiger partial charge in [-0.3, -0.25) is 4.79 Å². The third-order valence-corrected chi connectivity index (χ3v) is 5.45. The number of hydrogen-bond donors (Lipinski definition) is 0. The molecule has 0 fully saturated rings. The van der Waals surface area contributed by atoms with Crippen LogP contribution in [0.1, 0.15) is 50.8 Å². The first-order chi connectivity index (χ1) is 11.1. The molecule has 1 unspecified atom stereocenters. The number of rotatable bonds is 6. The standard InChI is InChI=1S/C20H28N2O/c1-4-13-22-18-10-6-5-8-16(18)17-9-7-11-20(2,19(17)22)12-14-21(3)15-23/h5-6,8,10,15H,4,7,9,11-14H2,1-3H3. The van der Waals surface area contributed by atoms with Gasteiger partial charge < -0.3 is 9.47 Å². The number of benzene rings is 1. The van der Waals surface area contributed by atoms with Gasteiger partial charge in [0.25, 0.3) is 0 Å². The highest BCUT2D eigenvalue weighted by molar-refractivity contribution is 5.86. The monoisotopic (exact) mass is 312 g/mol. The van der Waals surface area contributed by atoms with Crippen LogP contribution in [0.15, 0.2) is 24.3 Å². The van der Waals surface area contributed by atoms with E-state index in [9.17, 15) is 4.79 Å². The van der Waals surface area contributed by atoms with Gasteiger partial charge >= 0.3 is 0 Å². The summed E-state index contributed by atoms with van der Waals surface area (Å²) in [6.07, 6.45) is 6.77. The summed E-state index contributed by atoms with van der Waals surface area (Å²) >= 11 is 0. The van der Waals surface area contributed by atoms with Gasteiger partial charge in [0.05, 0.1) is 0 Å². The van der Waals surface area contributed by atoms with Gasteiger partial charge in [0.2, 0.25) is 6.41 Å². The van der Waals surface area contributed by atoms with Crippen molar-refractivity contribution in [2.45, 2.75) is 57.9 Å². The zero-order valence-corrected chi connectivity index (χ0v) is 14.6. The molecule has 0 radical (unpaired) electrons. The lowest BCUT2D eigenvalue weighted by Crippen LogP contribution is -2.34. The lowest BCUT2D eigenvalue weighted by Gasteiger charge is -2.37. The smallest absolute Gasteiger partial charge is 0.209 e. The van der Waals surface area contributed by atoms with Gasteiger partial charge in [-0.2, -0.15) is 0 Å². The second-order valence-electron chi connectivity index (χ2n) is 7.25. The molecule has 23 heavy (non-hydrogen) atoms. The predicted molar refractivity (Wildman–Crippen MR) is 95.8 cm³/mol. The van der Waals surface area contributed by atoms with Crippen LogP contribution in [0.2, 0.25) is 0 Å². The van der Waals surface area contributed by atoms with Gasteiger partial charge in [0, 0.05) is 42.1 Å². The third kappa shape index (κ3) is 2.77. The summed E-state index contributed by atoms with van der Waals surface area (Å²) < 4.78 is 2.56. The maximum absolute atomic E-state index is 11.0. The molecule has 1 aromatic heterocycles. The molecule has 0 aliphatic heterocycles. The molecule has 1 atom stereocenters. The van der Waals surface area contributed by atoms with Crippen molar-refractivity contribution >= 4 is 17.3 Å². The fourth-order valence-electron chi connectivity index (χ4n) is 4.27. The van der Waals surface area contributed by atoms with E-state index >= 15 is 0 Å². The quantitative estimate of drug-likeness (QED) is 0.736. The Balaban J connectivity index is 2.10. The average Bonchev–Trinajstić information content (AvgIpc) is 2.89. The van der Waals surface area contributed by atoms with Gasteiger partial charge in [0.1, 0.15) is 0 Å². The molecule has 1 aliphatic carbocycles. The second-order valence-corrected chi connectivity index (χ2v) is 7.25. The first-order valence-corrected chi connectivity index (χ1v) is 8.87. The molecular weight excluding hydrogens is 284 g/mol. The minimum atomic E-state index is 0.166. The van der Waals surface area contributed by atoms with E-state index in [1.54, 1.807) is 10.5 Å². The van der Waals surface area contributed by atoms with Crippen LogP contribution < -0.4 is 0 Å². The van der Waals surface area contributed by atoms with Gasteiger partial charge in [-0.05, 0) is 43.7 Å². The average molecular weight is 312 g/mol. The normalized spacial score (nSPS) is 20.5. The molecule has 2 aromatic rings. The van der Waals surface area contributed by atoms with E-state index in [2.05, 4.69) is 42.7 Å². The Morgan fingerprint density at radius 1 is 1.35 bits per heavy atom. The number of carbonyl (C=O) groups excluding carboxylic acids is 1. The summed E-state index contributed by atoms with van der Waals surface area (Å²) in [4.78, 5) is 12.7. The van der Waals surface area contributed by atoms with Crippen LogP contribution in [0.4, 0.5) is 0 Å². The van der Waals surface area contributed by atoms with Crippen LogP contribution >= 0.6 is 0 Å². The predicted octanol–water partition coefficient (Wildman–Crippen LogP) is 4.12. The molecule has 124 valence electrons. The lowest BCUT2D eigenvalue weighted by molar-refractivity contribution is -0.117. The molecule has 0 saturated carbocycles. The number of carbonyl (C=O) groups is 1. The van der Waals surface area contributed by atoms with Crippen molar-refractivity contribution in [2.24, 2.45) is 0 Å². The topological polar surface area (TPSA) is 25.2 Å². The zero-order chi connectivity index (χ0) is 16.4. The maximum Gasteiger partial charge on any atom is 0.209 e. The van der Waals surface area contributed by atoms with Crippen molar-refractivity contribution in [1.29, 1.82) is 0 Å². The molecule has 1 heterocycles. The molecule has 1 aliphatic rings. The first-order valence-electron chi connectivity index (χ1n) is 8.87. The highest BCUT2D eigenvalue weighted by atomic mass is 16.1. The summed E-state index contributed by atoms with van der Waals surface area (Å²) in [5, 5.41) is 1.44. The number of nitrogens with zero attached hydrogens (tertiary/aromatic N) is 2. The van der Waals surface area contributed by atoms with Crippen LogP contribution in [-0.2, 0) is 23.2 Å². The summed E-state index contributed by atoms with van der Waals surface area (Å²) in [7, 11) is 1.88. The van der Waals surface area contributed by atoms with Gasteiger partial charge in [-0.25, -0.2) is 0 Å². The van der Waals surface area contributed by atoms with Crippen LogP contribution in [0, 0.1) is 0 Å². The van der Waals surface area contributed by atoms with E-state index in [4.69, 9.17) is 0 Å². The second kappa shape index (κ2) is 6.38. The number of hydrogen-bond acceptors (Lipinski definition) is 1. The summed E-state index contributed by atoms with van der Waals surface area (Å²) in [5.74, 6) is 0. The van der Waals surface area contributed by atoms with Crippen molar-refractivity contribution in [3.63, 3.8) is 0 Å². The summed E-state index contributed by atoms with van der Waals surface area (Å²) in [6, 6.07) is 8.85. The largest absolute Gasteiger partial charge is 0.348 e. The third-order valence-electron chi connectivity index (χ3n) is 5.45. The summed E-state index contributed by atoms with van der Waals surface area (Å²) in [6.45, 7) is 6.55. The molecule has 0 N–H and O–H groups in total. The van der Waals surface area contributed by atoms with Gasteiger partial charge in [0.15, 0.2) is 0 Å². The first kappa shape index (κ1) is 16.1. The van der Waals surface area contributed by atoms with E-state index in [1.165, 1.54) is 35.9 Å². The highest BCUT2D eigenvalue weighted by Crippen LogP contribution is 2.44. The Bertz CT molecular complexity index is 703. The maximum atomic E-state index is 11.0. The van der Waals surface area contributed by atoms with Crippen molar-refractivity contribution in [2.75, 3.05) is 13.6 Å². The number of para-hydroxylation sites is 1. The van der Waals surface area contributed by atoms with E-state index in [1.807, 2.05) is 7.05 Å². The van der Waals surface area contributed by atoms with E-state index < -0.39 is 0 Å². The Kier molecular flexibility index (Phi) is 4.47. The van der Waals surface area contributed by atoms with Crippen molar-refractivity contribution in [3.05, 3.63) is 35.5 Å². The van der Waals surface area contributed by atoms with Crippen LogP contribution in [0.5, 0.6) is 0 Å². The summed E-state index contributed by atoms with van der Waals surface area (Å²) in [5.41, 5.74) is 4.64. The molecule has 3 nitrogen and oxygen atoms in total. The van der Waals surface area contributed by atoms with Crippen LogP contribution in [0.25, 0.3) is 10.9 Å². The molecule has 0 spiro atoms. The molecule has 1 aromatic carbocycles. The number of amides is 1. The lowest BCUT2D eigenvalue weighted by atomic mass is 9.72. The van der Waals surface area contributed by atoms with E-state index in [-0.39, 0.29) is 5.41 Å². The fraction of sp³-hybridized carbons (Fsp3) is 0.550. The minimum absolute atomic E-state index is 0.166.